The number of methoxy groups -OCH3 is 1. The van der Waals surface area contributed by atoms with E-state index in [0.717, 1.165) is 19.3 Å². The molecule has 0 aliphatic heterocycles. The molecule has 0 radical (unpaired) electrons. The number of hydrogen-bond acceptors (Lipinski definition) is 3. The van der Waals surface area contributed by atoms with Crippen molar-refractivity contribution in [1.82, 2.24) is 0 Å². The first kappa shape index (κ1) is 13.5. The molecule has 1 rings (SSSR count). The first-order valence-electron chi connectivity index (χ1n) is 6.07. The largest absolute Gasteiger partial charge is 0.481 e. The Bertz CT molecular complexity index is 228. The number of ether oxygens (including phenoxy) is 1. The van der Waals surface area contributed by atoms with Crippen LogP contribution in [0.25, 0.3) is 0 Å². The summed E-state index contributed by atoms with van der Waals surface area (Å²) in [5, 5.41) is 9.35. The molecule has 0 bridgehead atoms. The van der Waals surface area contributed by atoms with Crippen molar-refractivity contribution in [2.45, 2.75) is 38.5 Å². The Hall–Kier alpha value is -0.610. The van der Waals surface area contributed by atoms with Crippen LogP contribution in [0.1, 0.15) is 38.5 Å². The molecule has 0 heterocycles. The van der Waals surface area contributed by atoms with Crippen molar-refractivity contribution in [3.8, 4) is 0 Å². The minimum atomic E-state index is -0.723. The molecule has 94 valence electrons. The zero-order chi connectivity index (χ0) is 12.0. The predicted molar refractivity (Wildman–Crippen MR) is 62.2 cm³/mol. The zero-order valence-electron chi connectivity index (χ0n) is 10.1. The topological polar surface area (TPSA) is 72.5 Å². The number of carboxylic acid groups (broad SMARTS) is 1. The number of carbonyl (C=O) groups is 1. The quantitative estimate of drug-likeness (QED) is 0.589. The summed E-state index contributed by atoms with van der Waals surface area (Å²) in [6.45, 7) is 0.954. The lowest BCUT2D eigenvalue weighted by Crippen LogP contribution is -2.39. The van der Waals surface area contributed by atoms with Gasteiger partial charge in [0.15, 0.2) is 0 Å². The minimum Gasteiger partial charge on any atom is -0.481 e. The number of unbranched alkanes of at least 4 members (excludes halogenated alkanes) is 1. The van der Waals surface area contributed by atoms with Gasteiger partial charge in [-0.15, -0.1) is 0 Å². The molecule has 0 saturated heterocycles. The molecule has 0 amide bonds. The van der Waals surface area contributed by atoms with Gasteiger partial charge >= 0.3 is 5.97 Å². The lowest BCUT2D eigenvalue weighted by atomic mass is 9.78. The fourth-order valence-electron chi connectivity index (χ4n) is 2.15. The molecule has 1 unspecified atom stereocenters. The summed E-state index contributed by atoms with van der Waals surface area (Å²) < 4.78 is 4.97. The van der Waals surface area contributed by atoms with Crippen molar-refractivity contribution >= 4 is 5.97 Å². The maximum absolute atomic E-state index is 11.4. The third kappa shape index (κ3) is 3.76. The number of aliphatic carboxylic acids is 1. The van der Waals surface area contributed by atoms with E-state index in [1.54, 1.807) is 7.11 Å². The second-order valence-electron chi connectivity index (χ2n) is 4.89. The first-order chi connectivity index (χ1) is 7.64. The van der Waals surface area contributed by atoms with Crippen LogP contribution in [0.15, 0.2) is 0 Å². The van der Waals surface area contributed by atoms with Crippen LogP contribution in [0.5, 0.6) is 0 Å². The standard InChI is InChI=1S/C12H23NO3/c1-16-7-3-2-6-12(9-13,11(14)15)8-10-4-5-10/h10H,2-9,13H2,1H3,(H,14,15). The molecule has 4 nitrogen and oxygen atoms in total. The van der Waals surface area contributed by atoms with Crippen molar-refractivity contribution in [1.29, 1.82) is 0 Å². The number of rotatable bonds is 9. The Morgan fingerprint density at radius 2 is 2.19 bits per heavy atom. The molecule has 3 N–H and O–H groups in total. The van der Waals surface area contributed by atoms with Crippen LogP contribution in [-0.2, 0) is 9.53 Å². The van der Waals surface area contributed by atoms with E-state index in [-0.39, 0.29) is 6.54 Å². The highest BCUT2D eigenvalue weighted by molar-refractivity contribution is 5.75. The van der Waals surface area contributed by atoms with Crippen molar-refractivity contribution < 1.29 is 14.6 Å². The number of carboxylic acids is 1. The monoisotopic (exact) mass is 229 g/mol. The molecule has 1 saturated carbocycles. The van der Waals surface area contributed by atoms with Gasteiger partial charge in [-0.2, -0.15) is 0 Å². The highest BCUT2D eigenvalue weighted by atomic mass is 16.5. The van der Waals surface area contributed by atoms with Crippen molar-refractivity contribution in [3.63, 3.8) is 0 Å². The summed E-state index contributed by atoms with van der Waals surface area (Å²) in [5.74, 6) is -0.124. The molecule has 16 heavy (non-hydrogen) atoms. The van der Waals surface area contributed by atoms with E-state index in [0.29, 0.717) is 18.9 Å². The van der Waals surface area contributed by atoms with E-state index in [1.807, 2.05) is 0 Å². The van der Waals surface area contributed by atoms with Gasteiger partial charge in [0.25, 0.3) is 0 Å². The minimum absolute atomic E-state index is 0.256. The van der Waals surface area contributed by atoms with Crippen LogP contribution in [0, 0.1) is 11.3 Å². The maximum atomic E-state index is 11.4. The predicted octanol–water partition coefficient (Wildman–Crippen LogP) is 1.63. The van der Waals surface area contributed by atoms with Crippen LogP contribution < -0.4 is 5.73 Å². The second kappa shape index (κ2) is 6.21. The van der Waals surface area contributed by atoms with Gasteiger partial charge in [0.05, 0.1) is 5.41 Å². The molecule has 4 heteroatoms. The molecule has 0 aromatic heterocycles. The SMILES string of the molecule is COCCCCC(CN)(CC1CC1)C(=O)O. The maximum Gasteiger partial charge on any atom is 0.310 e. The Labute approximate surface area is 97.2 Å². The lowest BCUT2D eigenvalue weighted by Gasteiger charge is -2.28. The van der Waals surface area contributed by atoms with E-state index in [1.165, 1.54) is 12.8 Å². The highest BCUT2D eigenvalue weighted by Crippen LogP contribution is 2.42. The van der Waals surface area contributed by atoms with Crippen molar-refractivity contribution in [2.75, 3.05) is 20.3 Å². The third-order valence-electron chi connectivity index (χ3n) is 3.47. The molecule has 0 aromatic carbocycles. The molecular formula is C12H23NO3. The summed E-state index contributed by atoms with van der Waals surface area (Å²) >= 11 is 0. The van der Waals surface area contributed by atoms with Gasteiger partial charge in [-0.1, -0.05) is 12.8 Å². The summed E-state index contributed by atoms with van der Waals surface area (Å²) in [6.07, 6.45) is 5.57. The summed E-state index contributed by atoms with van der Waals surface area (Å²) in [5.41, 5.74) is 5.00. The summed E-state index contributed by atoms with van der Waals surface area (Å²) in [6, 6.07) is 0. The fraction of sp³-hybridized carbons (Fsp3) is 0.917. The molecule has 0 spiro atoms. The van der Waals surface area contributed by atoms with E-state index in [4.69, 9.17) is 10.5 Å². The number of nitrogens with two attached hydrogens (primary N) is 1. The van der Waals surface area contributed by atoms with Crippen LogP contribution in [0.4, 0.5) is 0 Å². The van der Waals surface area contributed by atoms with E-state index >= 15 is 0 Å². The van der Waals surface area contributed by atoms with E-state index in [9.17, 15) is 9.90 Å². The number of hydrogen-bond donors (Lipinski definition) is 2. The zero-order valence-corrected chi connectivity index (χ0v) is 10.1. The Morgan fingerprint density at radius 1 is 1.50 bits per heavy atom. The summed E-state index contributed by atoms with van der Waals surface area (Å²) in [7, 11) is 1.66. The van der Waals surface area contributed by atoms with Gasteiger partial charge < -0.3 is 15.6 Å². The smallest absolute Gasteiger partial charge is 0.310 e. The Morgan fingerprint density at radius 3 is 2.62 bits per heavy atom. The van der Waals surface area contributed by atoms with Crippen LogP contribution in [0.2, 0.25) is 0 Å². The van der Waals surface area contributed by atoms with Gasteiger partial charge in [-0.3, -0.25) is 4.79 Å². The Kier molecular flexibility index (Phi) is 5.22. The van der Waals surface area contributed by atoms with Crippen molar-refractivity contribution in [3.05, 3.63) is 0 Å². The van der Waals surface area contributed by atoms with Gasteiger partial charge in [0.2, 0.25) is 0 Å². The molecular weight excluding hydrogens is 206 g/mol. The van der Waals surface area contributed by atoms with Gasteiger partial charge in [-0.05, 0) is 31.6 Å². The van der Waals surface area contributed by atoms with Crippen molar-refractivity contribution in [2.24, 2.45) is 17.1 Å². The van der Waals surface area contributed by atoms with E-state index in [2.05, 4.69) is 0 Å². The molecule has 1 aliphatic carbocycles. The summed E-state index contributed by atoms with van der Waals surface area (Å²) in [4.78, 5) is 11.4. The van der Waals surface area contributed by atoms with Gasteiger partial charge in [-0.25, -0.2) is 0 Å². The van der Waals surface area contributed by atoms with Gasteiger partial charge in [0.1, 0.15) is 0 Å². The average Bonchev–Trinajstić information content (AvgIpc) is 3.06. The highest BCUT2D eigenvalue weighted by Gasteiger charge is 2.41. The normalized spacial score (nSPS) is 19.4. The van der Waals surface area contributed by atoms with Crippen LogP contribution >= 0.6 is 0 Å². The second-order valence-corrected chi connectivity index (χ2v) is 4.89. The lowest BCUT2D eigenvalue weighted by molar-refractivity contribution is -0.149. The van der Waals surface area contributed by atoms with Gasteiger partial charge in [0, 0.05) is 20.3 Å². The molecule has 1 atom stereocenters. The Balaban J connectivity index is 2.43. The average molecular weight is 229 g/mol. The molecule has 1 fully saturated rings. The van der Waals surface area contributed by atoms with Crippen LogP contribution in [0.3, 0.4) is 0 Å². The molecule has 0 aromatic rings. The first-order valence-corrected chi connectivity index (χ1v) is 6.07. The van der Waals surface area contributed by atoms with E-state index < -0.39 is 11.4 Å². The molecule has 1 aliphatic rings. The van der Waals surface area contributed by atoms with Crippen LogP contribution in [-0.4, -0.2) is 31.3 Å². The third-order valence-corrected chi connectivity index (χ3v) is 3.47. The fourth-order valence-corrected chi connectivity index (χ4v) is 2.15.